The Morgan fingerprint density at radius 1 is 1.06 bits per heavy atom. The number of benzene rings is 3. The molecule has 0 heterocycles. The highest BCUT2D eigenvalue weighted by Gasteiger charge is 2.14. The molecule has 0 bridgehead atoms. The number of rotatable bonds is 7. The molecule has 0 saturated carbocycles. The number of carbonyl (C=O) groups excluding carboxylic acids is 2. The van der Waals surface area contributed by atoms with Crippen LogP contribution in [0.3, 0.4) is 0 Å². The molecule has 0 unspecified atom stereocenters. The Balaban J connectivity index is 1.71. The number of phenols is 1. The highest BCUT2D eigenvalue weighted by atomic mass is 19.1. The summed E-state index contributed by atoms with van der Waals surface area (Å²) in [5.41, 5.74) is 3.19. The van der Waals surface area contributed by atoms with Gasteiger partial charge in [-0.05, 0) is 67.1 Å². The number of para-hydroxylation sites is 1. The second-order valence-electron chi connectivity index (χ2n) is 6.25. The van der Waals surface area contributed by atoms with Crippen LogP contribution in [0.4, 0.5) is 4.39 Å². The van der Waals surface area contributed by atoms with E-state index in [9.17, 15) is 19.1 Å². The van der Waals surface area contributed by atoms with Crippen LogP contribution in [0.5, 0.6) is 17.2 Å². The molecule has 0 spiro atoms. The summed E-state index contributed by atoms with van der Waals surface area (Å²) in [5, 5.41) is 13.6. The first kappa shape index (κ1) is 21.5. The SMILES string of the molecule is CCOc1cc(C=NNC(=O)c2ccccc2O)ccc1OC(=O)c1ccc(F)cc1. The van der Waals surface area contributed by atoms with E-state index in [1.807, 2.05) is 0 Å². The summed E-state index contributed by atoms with van der Waals surface area (Å²) in [5.74, 6) is -1.34. The number of hydrazone groups is 1. The molecule has 0 saturated heterocycles. The van der Waals surface area contributed by atoms with E-state index in [0.717, 1.165) is 0 Å². The Morgan fingerprint density at radius 2 is 1.81 bits per heavy atom. The van der Waals surface area contributed by atoms with Gasteiger partial charge in [0.25, 0.3) is 5.91 Å². The molecule has 0 aromatic heterocycles. The maximum Gasteiger partial charge on any atom is 0.343 e. The van der Waals surface area contributed by atoms with Crippen LogP contribution in [-0.2, 0) is 0 Å². The van der Waals surface area contributed by atoms with E-state index in [-0.39, 0.29) is 22.6 Å². The van der Waals surface area contributed by atoms with Gasteiger partial charge in [-0.1, -0.05) is 12.1 Å². The molecule has 0 fully saturated rings. The molecule has 158 valence electrons. The van der Waals surface area contributed by atoms with Gasteiger partial charge in [0.15, 0.2) is 11.5 Å². The number of hydrogen-bond donors (Lipinski definition) is 2. The van der Waals surface area contributed by atoms with Crippen LogP contribution in [-0.4, -0.2) is 29.8 Å². The molecule has 3 aromatic carbocycles. The highest BCUT2D eigenvalue weighted by Crippen LogP contribution is 2.29. The van der Waals surface area contributed by atoms with Crippen LogP contribution >= 0.6 is 0 Å². The minimum atomic E-state index is -0.655. The number of nitrogens with one attached hydrogen (secondary N) is 1. The van der Waals surface area contributed by atoms with Crippen molar-refractivity contribution in [2.75, 3.05) is 6.61 Å². The molecule has 31 heavy (non-hydrogen) atoms. The fourth-order valence-corrected chi connectivity index (χ4v) is 2.59. The van der Waals surface area contributed by atoms with Crippen LogP contribution in [0.1, 0.15) is 33.2 Å². The first-order chi connectivity index (χ1) is 15.0. The van der Waals surface area contributed by atoms with Crippen LogP contribution in [0.2, 0.25) is 0 Å². The lowest BCUT2D eigenvalue weighted by atomic mass is 10.2. The summed E-state index contributed by atoms with van der Waals surface area (Å²) in [4.78, 5) is 24.3. The molecule has 2 N–H and O–H groups in total. The Hall–Kier alpha value is -4.20. The third kappa shape index (κ3) is 5.66. The number of amides is 1. The van der Waals surface area contributed by atoms with E-state index in [4.69, 9.17) is 9.47 Å². The van der Waals surface area contributed by atoms with Gasteiger partial charge in [0.05, 0.1) is 23.9 Å². The second kappa shape index (κ2) is 10.0. The topological polar surface area (TPSA) is 97.2 Å². The predicted molar refractivity (Wildman–Crippen MR) is 112 cm³/mol. The molecule has 3 aromatic rings. The summed E-state index contributed by atoms with van der Waals surface area (Å²) in [6.07, 6.45) is 1.38. The normalized spacial score (nSPS) is 10.6. The van der Waals surface area contributed by atoms with E-state index < -0.39 is 17.7 Å². The molecule has 7 nitrogen and oxygen atoms in total. The predicted octanol–water partition coefficient (Wildman–Crippen LogP) is 3.91. The lowest BCUT2D eigenvalue weighted by Gasteiger charge is -2.11. The molecule has 3 rings (SSSR count). The molecule has 8 heteroatoms. The first-order valence-corrected chi connectivity index (χ1v) is 9.34. The number of phenolic OH excluding ortho intramolecular Hbond substituents is 1. The Morgan fingerprint density at radius 3 is 2.52 bits per heavy atom. The number of esters is 1. The minimum absolute atomic E-state index is 0.0951. The van der Waals surface area contributed by atoms with Gasteiger partial charge < -0.3 is 14.6 Å². The van der Waals surface area contributed by atoms with Crippen molar-refractivity contribution in [2.45, 2.75) is 6.92 Å². The quantitative estimate of drug-likeness (QED) is 0.260. The molecule has 0 aliphatic carbocycles. The molecule has 0 aliphatic heterocycles. The van der Waals surface area contributed by atoms with Gasteiger partial charge in [-0.3, -0.25) is 4.79 Å². The Kier molecular flexibility index (Phi) is 6.95. The molecular weight excluding hydrogens is 403 g/mol. The van der Waals surface area contributed by atoms with Crippen molar-refractivity contribution in [1.29, 1.82) is 0 Å². The van der Waals surface area contributed by atoms with Crippen molar-refractivity contribution in [2.24, 2.45) is 5.10 Å². The van der Waals surface area contributed by atoms with Crippen molar-refractivity contribution in [3.63, 3.8) is 0 Å². The largest absolute Gasteiger partial charge is 0.507 e. The maximum absolute atomic E-state index is 13.0. The fourth-order valence-electron chi connectivity index (χ4n) is 2.59. The monoisotopic (exact) mass is 422 g/mol. The zero-order valence-corrected chi connectivity index (χ0v) is 16.5. The average molecular weight is 422 g/mol. The number of aromatic hydroxyl groups is 1. The van der Waals surface area contributed by atoms with Crippen molar-refractivity contribution in [1.82, 2.24) is 5.43 Å². The van der Waals surface area contributed by atoms with Crippen molar-refractivity contribution in [3.05, 3.63) is 89.2 Å². The van der Waals surface area contributed by atoms with Gasteiger partial charge in [-0.25, -0.2) is 14.6 Å². The maximum atomic E-state index is 13.0. The molecule has 1 amide bonds. The first-order valence-electron chi connectivity index (χ1n) is 9.34. The summed E-state index contributed by atoms with van der Waals surface area (Å²) in [7, 11) is 0. The molecular formula is C23H19FN2O5. The smallest absolute Gasteiger partial charge is 0.343 e. The van der Waals surface area contributed by atoms with Crippen molar-refractivity contribution < 1.29 is 28.6 Å². The third-order valence-electron chi connectivity index (χ3n) is 4.08. The number of halogens is 1. The van der Waals surface area contributed by atoms with Crippen LogP contribution in [0, 0.1) is 5.82 Å². The zero-order valence-electron chi connectivity index (χ0n) is 16.5. The minimum Gasteiger partial charge on any atom is -0.507 e. The van der Waals surface area contributed by atoms with E-state index in [1.54, 1.807) is 31.2 Å². The standard InChI is InChI=1S/C23H19FN2O5/c1-2-30-21-13-15(14-25-26-22(28)18-5-3-4-6-19(18)27)7-12-20(21)31-23(29)16-8-10-17(24)11-9-16/h3-14,27H,2H2,1H3,(H,26,28). The number of carbonyl (C=O) groups is 2. The molecule has 0 atom stereocenters. The van der Waals surface area contributed by atoms with Gasteiger partial charge in [0, 0.05) is 0 Å². The van der Waals surface area contributed by atoms with E-state index in [2.05, 4.69) is 10.5 Å². The van der Waals surface area contributed by atoms with Crippen molar-refractivity contribution in [3.8, 4) is 17.2 Å². The fraction of sp³-hybridized carbons (Fsp3) is 0.0870. The van der Waals surface area contributed by atoms with Gasteiger partial charge in [-0.2, -0.15) is 5.10 Å². The summed E-state index contributed by atoms with van der Waals surface area (Å²) in [6, 6.07) is 15.8. The van der Waals surface area contributed by atoms with Crippen molar-refractivity contribution >= 4 is 18.1 Å². The number of ether oxygens (including phenoxy) is 2. The van der Waals surface area contributed by atoms with Gasteiger partial charge in [0.1, 0.15) is 11.6 Å². The Bertz CT molecular complexity index is 1110. The molecule has 0 radical (unpaired) electrons. The van der Waals surface area contributed by atoms with E-state index in [1.165, 1.54) is 48.7 Å². The summed E-state index contributed by atoms with van der Waals surface area (Å²) in [6.45, 7) is 2.10. The van der Waals surface area contributed by atoms with Crippen LogP contribution in [0.15, 0.2) is 71.8 Å². The Labute approximate surface area is 177 Å². The highest BCUT2D eigenvalue weighted by molar-refractivity contribution is 5.97. The lowest BCUT2D eigenvalue weighted by molar-refractivity contribution is 0.0728. The van der Waals surface area contributed by atoms with Gasteiger partial charge in [0.2, 0.25) is 0 Å². The van der Waals surface area contributed by atoms with E-state index in [0.29, 0.717) is 17.9 Å². The molecule has 0 aliphatic rings. The average Bonchev–Trinajstić information content (AvgIpc) is 2.76. The third-order valence-corrected chi connectivity index (χ3v) is 4.08. The van der Waals surface area contributed by atoms with Crippen LogP contribution < -0.4 is 14.9 Å². The lowest BCUT2D eigenvalue weighted by Crippen LogP contribution is -2.17. The summed E-state index contributed by atoms with van der Waals surface area (Å²) >= 11 is 0. The van der Waals surface area contributed by atoms with Gasteiger partial charge >= 0.3 is 5.97 Å². The number of nitrogens with zero attached hydrogens (tertiary/aromatic N) is 1. The zero-order chi connectivity index (χ0) is 22.2. The summed E-state index contributed by atoms with van der Waals surface area (Å²) < 4.78 is 23.9. The van der Waals surface area contributed by atoms with Crippen LogP contribution in [0.25, 0.3) is 0 Å². The van der Waals surface area contributed by atoms with E-state index >= 15 is 0 Å². The number of hydrogen-bond acceptors (Lipinski definition) is 6. The second-order valence-corrected chi connectivity index (χ2v) is 6.25. The van der Waals surface area contributed by atoms with Gasteiger partial charge in [-0.15, -0.1) is 0 Å².